The van der Waals surface area contributed by atoms with Crippen LogP contribution in [0.3, 0.4) is 0 Å². The number of rotatable bonds is 3. The largest absolute Gasteiger partial charge is 0.493 e. The lowest BCUT2D eigenvalue weighted by molar-refractivity contribution is 0.103. The number of aryl methyl sites for hydroxylation is 2. The van der Waals surface area contributed by atoms with Gasteiger partial charge in [0.2, 0.25) is 11.7 Å². The van der Waals surface area contributed by atoms with Gasteiger partial charge in [-0.1, -0.05) is 25.4 Å². The highest BCUT2D eigenvalue weighted by Crippen LogP contribution is 2.45. The van der Waals surface area contributed by atoms with Crippen molar-refractivity contribution in [2.24, 2.45) is 0 Å². The molecule has 0 bridgehead atoms. The quantitative estimate of drug-likeness (QED) is 0.804. The molecule has 6 nitrogen and oxygen atoms in total. The Morgan fingerprint density at radius 1 is 1.38 bits per heavy atom. The number of halogens is 1. The lowest BCUT2D eigenvalue weighted by Gasteiger charge is -2.34. The zero-order valence-corrected chi connectivity index (χ0v) is 16.7. The number of hydrogen-bond acceptors (Lipinski definition) is 5. The Balaban J connectivity index is 2.27. The molecular formula is C18H21ClN2O4S. The predicted octanol–water partition coefficient (Wildman–Crippen LogP) is 3.26. The van der Waals surface area contributed by atoms with Crippen LogP contribution in [0.5, 0.6) is 5.88 Å². The summed E-state index contributed by atoms with van der Waals surface area (Å²) in [5.74, 6) is -0.644. The average molecular weight is 397 g/mol. The van der Waals surface area contributed by atoms with Crippen LogP contribution in [-0.4, -0.2) is 34.8 Å². The summed E-state index contributed by atoms with van der Waals surface area (Å²) in [7, 11) is -3.44. The maximum absolute atomic E-state index is 13.0. The molecule has 0 atom stereocenters. The summed E-state index contributed by atoms with van der Waals surface area (Å²) in [6.45, 7) is 7.73. The minimum atomic E-state index is -3.44. The van der Waals surface area contributed by atoms with Gasteiger partial charge in [-0.15, -0.1) is 0 Å². The van der Waals surface area contributed by atoms with Gasteiger partial charge in [0.25, 0.3) is 0 Å². The van der Waals surface area contributed by atoms with Crippen molar-refractivity contribution in [3.63, 3.8) is 0 Å². The Labute approximate surface area is 157 Å². The third-order valence-electron chi connectivity index (χ3n) is 4.99. The van der Waals surface area contributed by atoms with Crippen LogP contribution >= 0.6 is 11.6 Å². The maximum Gasteiger partial charge on any atom is 0.220 e. The predicted molar refractivity (Wildman–Crippen MR) is 98.9 cm³/mol. The van der Waals surface area contributed by atoms with E-state index in [9.17, 15) is 18.3 Å². The first-order valence-electron chi connectivity index (χ1n) is 8.37. The monoisotopic (exact) mass is 396 g/mol. The number of benzene rings is 1. The average Bonchev–Trinajstić information content (AvgIpc) is 2.93. The molecule has 0 spiro atoms. The number of sulfone groups is 1. The number of aromatic nitrogens is 2. The van der Waals surface area contributed by atoms with Gasteiger partial charge in [-0.3, -0.25) is 4.79 Å². The Morgan fingerprint density at radius 3 is 2.62 bits per heavy atom. The molecule has 0 fully saturated rings. The molecule has 26 heavy (non-hydrogen) atoms. The van der Waals surface area contributed by atoms with Gasteiger partial charge in [0.05, 0.1) is 21.9 Å². The second-order valence-electron chi connectivity index (χ2n) is 7.24. The number of nitrogens with zero attached hydrogens (tertiary/aromatic N) is 2. The van der Waals surface area contributed by atoms with Crippen LogP contribution in [0.2, 0.25) is 5.02 Å². The van der Waals surface area contributed by atoms with Gasteiger partial charge in [-0.25, -0.2) is 13.1 Å². The van der Waals surface area contributed by atoms with Crippen molar-refractivity contribution in [1.82, 2.24) is 9.78 Å². The molecule has 0 saturated heterocycles. The highest BCUT2D eigenvalue weighted by molar-refractivity contribution is 7.91. The number of ketones is 1. The Bertz CT molecular complexity index is 1020. The molecule has 140 valence electrons. The third-order valence-corrected chi connectivity index (χ3v) is 7.27. The first-order valence-corrected chi connectivity index (χ1v) is 10.4. The third kappa shape index (κ3) is 2.74. The summed E-state index contributed by atoms with van der Waals surface area (Å²) in [6, 6.07) is 1.49. The first kappa shape index (κ1) is 18.9. The van der Waals surface area contributed by atoms with Crippen molar-refractivity contribution < 1.29 is 18.3 Å². The van der Waals surface area contributed by atoms with Crippen LogP contribution in [0.25, 0.3) is 0 Å². The molecule has 2 aromatic rings. The van der Waals surface area contributed by atoms with E-state index in [0.29, 0.717) is 24.1 Å². The van der Waals surface area contributed by atoms with Gasteiger partial charge < -0.3 is 5.11 Å². The summed E-state index contributed by atoms with van der Waals surface area (Å²) in [4.78, 5) is 13.2. The second-order valence-corrected chi connectivity index (χ2v) is 9.66. The standard InChI is InChI=1S/C18H21ClN2O4S/c1-5-21-17(23)12(9-20-21)15(22)11-8-10(2)16-13(14(11)19)18(3,4)6-7-26(16,24)25/h8-9,23H,5-7H2,1-4H3. The molecule has 1 aliphatic rings. The van der Waals surface area contributed by atoms with Crippen LogP contribution in [0.1, 0.15) is 54.2 Å². The SMILES string of the molecule is CCn1ncc(C(=O)c2cc(C)c3c(c2Cl)C(C)(C)CCS3(=O)=O)c1O. The molecule has 1 aromatic heterocycles. The Kier molecular flexibility index (Phi) is 4.43. The van der Waals surface area contributed by atoms with Gasteiger partial charge in [0.15, 0.2) is 9.84 Å². The summed E-state index contributed by atoms with van der Waals surface area (Å²) in [5, 5.41) is 14.3. The van der Waals surface area contributed by atoms with Gasteiger partial charge in [-0.05, 0) is 42.9 Å². The van der Waals surface area contributed by atoms with E-state index in [1.54, 1.807) is 13.8 Å². The smallest absolute Gasteiger partial charge is 0.220 e. The summed E-state index contributed by atoms with van der Waals surface area (Å²) >= 11 is 6.55. The van der Waals surface area contributed by atoms with Crippen LogP contribution in [-0.2, 0) is 21.8 Å². The number of fused-ring (bicyclic) bond motifs is 1. The highest BCUT2D eigenvalue weighted by Gasteiger charge is 2.40. The summed E-state index contributed by atoms with van der Waals surface area (Å²) in [6.07, 6.45) is 1.73. The maximum atomic E-state index is 13.0. The highest BCUT2D eigenvalue weighted by atomic mass is 35.5. The molecule has 1 aromatic carbocycles. The number of carbonyl (C=O) groups excluding carboxylic acids is 1. The molecule has 0 radical (unpaired) electrons. The topological polar surface area (TPSA) is 89.3 Å². The molecule has 0 unspecified atom stereocenters. The molecule has 1 N–H and O–H groups in total. The van der Waals surface area contributed by atoms with Crippen molar-refractivity contribution in [3.05, 3.63) is 39.5 Å². The van der Waals surface area contributed by atoms with E-state index in [0.717, 1.165) is 0 Å². The van der Waals surface area contributed by atoms with E-state index in [4.69, 9.17) is 11.6 Å². The summed E-state index contributed by atoms with van der Waals surface area (Å²) in [5.41, 5.74) is 0.719. The lowest BCUT2D eigenvalue weighted by Crippen LogP contribution is -2.32. The van der Waals surface area contributed by atoms with E-state index >= 15 is 0 Å². The number of hydrogen-bond donors (Lipinski definition) is 1. The van der Waals surface area contributed by atoms with E-state index in [1.165, 1.54) is 16.9 Å². The van der Waals surface area contributed by atoms with E-state index in [-0.39, 0.29) is 32.7 Å². The fourth-order valence-electron chi connectivity index (χ4n) is 3.48. The zero-order chi connectivity index (χ0) is 19.4. The van der Waals surface area contributed by atoms with E-state index in [1.807, 2.05) is 13.8 Å². The van der Waals surface area contributed by atoms with E-state index < -0.39 is 21.0 Å². The van der Waals surface area contributed by atoms with Crippen molar-refractivity contribution >= 4 is 27.2 Å². The van der Waals surface area contributed by atoms with Crippen molar-refractivity contribution in [3.8, 4) is 5.88 Å². The van der Waals surface area contributed by atoms with E-state index in [2.05, 4.69) is 5.10 Å². The molecule has 1 aliphatic heterocycles. The molecule has 8 heteroatoms. The van der Waals surface area contributed by atoms with Gasteiger partial charge in [-0.2, -0.15) is 5.10 Å². The summed E-state index contributed by atoms with van der Waals surface area (Å²) < 4.78 is 26.5. The molecule has 2 heterocycles. The van der Waals surface area contributed by atoms with Crippen LogP contribution in [0, 0.1) is 6.92 Å². The number of aromatic hydroxyl groups is 1. The van der Waals surface area contributed by atoms with Gasteiger partial charge in [0.1, 0.15) is 5.56 Å². The zero-order valence-electron chi connectivity index (χ0n) is 15.1. The second kappa shape index (κ2) is 6.09. The number of carbonyl (C=O) groups is 1. The fourth-order valence-corrected chi connectivity index (χ4v) is 6.25. The van der Waals surface area contributed by atoms with Crippen molar-refractivity contribution in [2.75, 3.05) is 5.75 Å². The van der Waals surface area contributed by atoms with Crippen LogP contribution in [0.4, 0.5) is 0 Å². The lowest BCUT2D eigenvalue weighted by atomic mass is 9.79. The van der Waals surface area contributed by atoms with Crippen LogP contribution in [0.15, 0.2) is 17.2 Å². The van der Waals surface area contributed by atoms with Gasteiger partial charge in [0, 0.05) is 12.1 Å². The molecule has 0 amide bonds. The molecular weight excluding hydrogens is 376 g/mol. The minimum absolute atomic E-state index is 0.0459. The molecule has 0 saturated carbocycles. The van der Waals surface area contributed by atoms with Crippen molar-refractivity contribution in [1.29, 1.82) is 0 Å². The Morgan fingerprint density at radius 2 is 2.04 bits per heavy atom. The minimum Gasteiger partial charge on any atom is -0.493 e. The first-order chi connectivity index (χ1) is 12.0. The molecule has 0 aliphatic carbocycles. The Hall–Kier alpha value is -1.86. The van der Waals surface area contributed by atoms with Gasteiger partial charge >= 0.3 is 0 Å². The fraction of sp³-hybridized carbons (Fsp3) is 0.444. The van der Waals surface area contributed by atoms with Crippen LogP contribution < -0.4 is 0 Å². The normalized spacial score (nSPS) is 17.7. The molecule has 3 rings (SSSR count). The van der Waals surface area contributed by atoms with Crippen molar-refractivity contribution in [2.45, 2.75) is 51.0 Å².